The maximum absolute atomic E-state index is 13.4. The molecule has 1 fully saturated rings. The van der Waals surface area contributed by atoms with E-state index in [-0.39, 0.29) is 112 Å². The summed E-state index contributed by atoms with van der Waals surface area (Å²) in [6.07, 6.45) is 13.5. The number of carbonyl (C=O) groups is 7. The normalized spacial score (nSPS) is 13.0. The van der Waals surface area contributed by atoms with Gasteiger partial charge in [-0.15, -0.1) is 0 Å². The second-order valence-electron chi connectivity index (χ2n) is 27.4. The first kappa shape index (κ1) is 85.5. The standard InChI is InChI=1S/C76H105N21O17/c1-48(46-105-9)97-68-54-40-62(106-10)55(67-49(2)90-114-50(67)3)39-57(54)83-41-58(68)86-69(97)51-14-21-96(22-15-51)66(100)47-113-36-35-112-34-33-111-32-31-110-30-29-109-28-27-108-26-25-107-24-20-78-64(98)12-17-81-74(103)70-89-63(45-95(70)8)88-65(99)13-18-80-73(102)60-37-52(42-92(60)5)84-75(104)71-87-59(44-94(71)7)56(77)11-16-79-72(101)61-38-53(43-93(61)6)85-76-82-19-23-91(76)4/h19,23,37-45,48,51,56H,11-18,20-22,24-36,46-47,77H2,1-10H3,(H,78,98)(H,79,101)(H,80,102)(H,81,103)(H,82,85)(H,84,104)(H,88,99)/t48-,56?/m1/s1. The summed E-state index contributed by atoms with van der Waals surface area (Å²) in [5.41, 5.74) is 13.6. The molecule has 1 unspecified atom stereocenters. The highest BCUT2D eigenvalue weighted by Gasteiger charge is 2.31. The van der Waals surface area contributed by atoms with Gasteiger partial charge in [0.05, 0.1) is 157 Å². The summed E-state index contributed by atoms with van der Waals surface area (Å²) < 4.78 is 66.6. The van der Waals surface area contributed by atoms with Crippen LogP contribution in [0.15, 0.2) is 72.2 Å². The lowest BCUT2D eigenvalue weighted by atomic mass is 9.95. The third-order valence-electron chi connectivity index (χ3n) is 18.9. The minimum Gasteiger partial charge on any atom is -0.496 e. The number of anilines is 4. The number of hydrogen-bond acceptors (Lipinski definition) is 25. The molecule has 1 aliphatic rings. The molecule has 1 aliphatic heterocycles. The van der Waals surface area contributed by atoms with Crippen LogP contribution in [-0.2, 0) is 87.5 Å². The fourth-order valence-corrected chi connectivity index (χ4v) is 13.1. The van der Waals surface area contributed by atoms with Crippen molar-refractivity contribution in [1.29, 1.82) is 0 Å². The third kappa shape index (κ3) is 23.4. The zero-order valence-electron chi connectivity index (χ0n) is 66.3. The summed E-state index contributed by atoms with van der Waals surface area (Å²) in [5.74, 6) is 0.560. The molecule has 0 aliphatic carbocycles. The Morgan fingerprint density at radius 3 is 1.80 bits per heavy atom. The number of aromatic nitrogens is 12. The van der Waals surface area contributed by atoms with Gasteiger partial charge in [-0.3, -0.25) is 38.5 Å². The van der Waals surface area contributed by atoms with E-state index in [2.05, 4.69) is 68.8 Å². The molecular weight excluding hydrogens is 1480 g/mol. The van der Waals surface area contributed by atoms with Gasteiger partial charge >= 0.3 is 0 Å². The van der Waals surface area contributed by atoms with E-state index in [1.165, 1.54) is 26.0 Å². The number of nitrogens with one attached hydrogen (secondary N) is 7. The van der Waals surface area contributed by atoms with E-state index in [0.717, 1.165) is 57.4 Å². The summed E-state index contributed by atoms with van der Waals surface area (Å²) in [6.45, 7) is 12.7. The molecule has 0 radical (unpaired) electrons. The molecule has 114 heavy (non-hydrogen) atoms. The first-order chi connectivity index (χ1) is 55.1. The Kier molecular flexibility index (Phi) is 31.7. The number of nitrogens with two attached hydrogens (primary N) is 1. The number of ether oxygens (including phenoxy) is 9. The number of pyridine rings is 1. The van der Waals surface area contributed by atoms with Crippen LogP contribution in [0, 0.1) is 13.8 Å². The van der Waals surface area contributed by atoms with E-state index in [9.17, 15) is 33.6 Å². The van der Waals surface area contributed by atoms with Gasteiger partial charge in [0, 0.05) is 149 Å². The van der Waals surface area contributed by atoms with Crippen molar-refractivity contribution >= 4 is 86.4 Å². The van der Waals surface area contributed by atoms with Gasteiger partial charge < -0.3 is 122 Å². The lowest BCUT2D eigenvalue weighted by molar-refractivity contribution is -0.137. The van der Waals surface area contributed by atoms with E-state index >= 15 is 0 Å². The van der Waals surface area contributed by atoms with Crippen LogP contribution in [0.4, 0.5) is 23.1 Å². The van der Waals surface area contributed by atoms with Crippen molar-refractivity contribution < 1.29 is 80.7 Å². The SMILES string of the molecule is COC[C@@H](C)n1c(C2CCN(C(=O)COCCOCCOCCOCCOCCOCCOCCNC(=O)CCNC(=O)c3nc(NC(=O)CCNC(=O)c4cc(NC(=O)c5nc(C(N)CCNC(=O)c6cc(Nc7nccn7C)cn6C)cn5C)cn4C)cn3C)CC2)nc2cnc3cc(-c4c(C)noc4C)c(OC)cc3c21. The minimum atomic E-state index is -0.596. The molecule has 2 atom stereocenters. The predicted octanol–water partition coefficient (Wildman–Crippen LogP) is 4.28. The van der Waals surface area contributed by atoms with E-state index in [0.29, 0.717) is 139 Å². The molecule has 0 bridgehead atoms. The number of benzene rings is 1. The smallest absolute Gasteiger partial charge is 0.291 e. The van der Waals surface area contributed by atoms with Gasteiger partial charge in [0.2, 0.25) is 29.5 Å². The minimum absolute atomic E-state index is 0.00166. The molecule has 9 aromatic rings. The van der Waals surface area contributed by atoms with Gasteiger partial charge in [0.1, 0.15) is 40.8 Å². The summed E-state index contributed by atoms with van der Waals surface area (Å²) in [5, 5.41) is 24.6. The van der Waals surface area contributed by atoms with Crippen LogP contribution in [0.1, 0.15) is 122 Å². The number of rotatable bonds is 47. The Labute approximate surface area is 659 Å². The van der Waals surface area contributed by atoms with E-state index in [4.69, 9.17) is 62.9 Å². The van der Waals surface area contributed by atoms with E-state index in [1.807, 2.05) is 54.9 Å². The van der Waals surface area contributed by atoms with Gasteiger partial charge in [-0.25, -0.2) is 19.9 Å². The topological polar surface area (TPSA) is 436 Å². The summed E-state index contributed by atoms with van der Waals surface area (Å²) in [6, 6.07) is 6.63. The number of fused-ring (bicyclic) bond motifs is 3. The lowest BCUT2D eigenvalue weighted by Gasteiger charge is -2.32. The van der Waals surface area contributed by atoms with Gasteiger partial charge in [0.15, 0.2) is 11.6 Å². The average Bonchev–Trinajstić information content (AvgIpc) is 1.55. The molecule has 8 aromatic heterocycles. The number of likely N-dealkylation sites (tertiary alicyclic amines) is 1. The molecule has 7 amide bonds. The van der Waals surface area contributed by atoms with Gasteiger partial charge in [-0.1, -0.05) is 5.16 Å². The second-order valence-corrected chi connectivity index (χ2v) is 27.4. The summed E-state index contributed by atoms with van der Waals surface area (Å²) >= 11 is 0. The van der Waals surface area contributed by atoms with Gasteiger partial charge in [-0.2, -0.15) is 0 Å². The molecule has 38 heteroatoms. The highest BCUT2D eigenvalue weighted by molar-refractivity contribution is 6.06. The molecule has 1 aromatic carbocycles. The zero-order chi connectivity index (χ0) is 81.2. The molecule has 10 rings (SSSR count). The number of piperidine rings is 1. The maximum Gasteiger partial charge on any atom is 0.291 e. The van der Waals surface area contributed by atoms with Gasteiger partial charge in [-0.05, 0) is 64.3 Å². The highest BCUT2D eigenvalue weighted by atomic mass is 16.6. The first-order valence-corrected chi connectivity index (χ1v) is 37.8. The number of aryl methyl sites for hydroxylation is 7. The number of nitrogens with zero attached hydrogens (tertiary/aromatic N) is 13. The lowest BCUT2D eigenvalue weighted by Crippen LogP contribution is -2.40. The number of amides is 7. The van der Waals surface area contributed by atoms with Crippen molar-refractivity contribution in [2.45, 2.75) is 70.9 Å². The van der Waals surface area contributed by atoms with Crippen molar-refractivity contribution in [3.05, 3.63) is 114 Å². The first-order valence-electron chi connectivity index (χ1n) is 37.8. The third-order valence-corrected chi connectivity index (χ3v) is 18.9. The Hall–Kier alpha value is -11.0. The van der Waals surface area contributed by atoms with Crippen molar-refractivity contribution in [3.63, 3.8) is 0 Å². The number of hydrogen-bond donors (Lipinski definition) is 8. The fourth-order valence-electron chi connectivity index (χ4n) is 13.1. The molecule has 616 valence electrons. The van der Waals surface area contributed by atoms with Crippen LogP contribution in [0.25, 0.3) is 33.1 Å². The van der Waals surface area contributed by atoms with Crippen LogP contribution >= 0.6 is 0 Å². The monoisotopic (exact) mass is 1580 g/mol. The van der Waals surface area contributed by atoms with E-state index in [1.54, 1.807) is 77.8 Å². The Morgan fingerprint density at radius 1 is 0.596 bits per heavy atom. The summed E-state index contributed by atoms with van der Waals surface area (Å²) in [4.78, 5) is 116. The maximum atomic E-state index is 13.4. The van der Waals surface area contributed by atoms with Crippen LogP contribution in [0.5, 0.6) is 5.75 Å². The number of carbonyl (C=O) groups excluding carboxylic acids is 7. The van der Waals surface area contributed by atoms with Crippen molar-refractivity contribution in [1.82, 2.24) is 83.6 Å². The average molecular weight is 1580 g/mol. The van der Waals surface area contributed by atoms with Crippen LogP contribution in [0.3, 0.4) is 0 Å². The predicted molar refractivity (Wildman–Crippen MR) is 419 cm³/mol. The molecule has 1 saturated heterocycles. The molecule has 0 spiro atoms. The molecule has 9 N–H and O–H groups in total. The number of methoxy groups -OCH3 is 2. The molecule has 9 heterocycles. The Morgan fingerprint density at radius 2 is 1.18 bits per heavy atom. The zero-order valence-corrected chi connectivity index (χ0v) is 66.3. The van der Waals surface area contributed by atoms with Crippen LogP contribution in [0.2, 0.25) is 0 Å². The number of imidazole rings is 4. The fraction of sp³-hybridized carbons (Fsp3) is 0.513. The Bertz CT molecular complexity index is 4700. The van der Waals surface area contributed by atoms with Crippen molar-refractivity contribution in [3.8, 4) is 16.9 Å². The summed E-state index contributed by atoms with van der Waals surface area (Å²) in [7, 11) is 11.9. The molecular formula is C76H105N21O17. The Balaban J connectivity index is 0.488. The highest BCUT2D eigenvalue weighted by Crippen LogP contribution is 2.41. The van der Waals surface area contributed by atoms with Crippen molar-refractivity contribution in [2.75, 3.05) is 169 Å². The molecule has 38 nitrogen and oxygen atoms in total. The van der Waals surface area contributed by atoms with Crippen LogP contribution < -0.4 is 47.7 Å². The van der Waals surface area contributed by atoms with E-state index < -0.39 is 29.7 Å². The largest absolute Gasteiger partial charge is 0.496 e. The second kappa shape index (κ2) is 42.2. The molecule has 0 saturated carbocycles. The van der Waals surface area contributed by atoms with Gasteiger partial charge in [0.25, 0.3) is 23.6 Å². The van der Waals surface area contributed by atoms with Crippen LogP contribution in [-0.4, -0.2) is 256 Å². The van der Waals surface area contributed by atoms with Crippen molar-refractivity contribution in [2.24, 2.45) is 41.0 Å². The quantitative estimate of drug-likeness (QED) is 0.0247.